The number of anilines is 3. The zero-order chi connectivity index (χ0) is 14.5. The molecule has 0 radical (unpaired) electrons. The number of ether oxygens (including phenoxy) is 1. The first-order chi connectivity index (χ1) is 9.65. The predicted molar refractivity (Wildman–Crippen MR) is 77.1 cm³/mol. The van der Waals surface area contributed by atoms with Crippen molar-refractivity contribution in [3.8, 4) is 11.9 Å². The van der Waals surface area contributed by atoms with Crippen LogP contribution in [0.2, 0.25) is 5.02 Å². The topological polar surface area (TPSA) is 96.9 Å². The lowest BCUT2D eigenvalue weighted by molar-refractivity contribution is 0.328. The second-order valence-corrected chi connectivity index (χ2v) is 4.24. The maximum Gasteiger partial charge on any atom is 0.242 e. The molecule has 3 N–H and O–H groups in total. The Kier molecular flexibility index (Phi) is 4.23. The Labute approximate surface area is 121 Å². The van der Waals surface area contributed by atoms with E-state index in [-0.39, 0.29) is 5.69 Å². The number of nitrogen functional groups attached to an aromatic ring is 1. The first-order valence-corrected chi connectivity index (χ1v) is 6.23. The van der Waals surface area contributed by atoms with Crippen LogP contribution in [-0.4, -0.2) is 16.6 Å². The highest BCUT2D eigenvalue weighted by atomic mass is 35.5. The molecule has 102 valence electrons. The molecule has 0 atom stereocenters. The quantitative estimate of drug-likeness (QED) is 0.898. The number of rotatable bonds is 4. The van der Waals surface area contributed by atoms with Gasteiger partial charge in [0, 0.05) is 5.02 Å². The number of nitrogens with zero attached hydrogens (tertiary/aromatic N) is 3. The van der Waals surface area contributed by atoms with Gasteiger partial charge in [-0.3, -0.25) is 0 Å². The molecule has 1 aromatic heterocycles. The van der Waals surface area contributed by atoms with E-state index in [1.165, 1.54) is 6.33 Å². The van der Waals surface area contributed by atoms with Crippen LogP contribution >= 0.6 is 11.6 Å². The Balaban J connectivity index is 2.38. The molecule has 0 unspecified atom stereocenters. The summed E-state index contributed by atoms with van der Waals surface area (Å²) in [6.45, 7) is 2.28. The molecular formula is C13H12ClN5O. The van der Waals surface area contributed by atoms with Gasteiger partial charge in [-0.2, -0.15) is 10.2 Å². The highest BCUT2D eigenvalue weighted by Crippen LogP contribution is 2.29. The Morgan fingerprint density at radius 2 is 2.25 bits per heavy atom. The smallest absolute Gasteiger partial charge is 0.242 e. The van der Waals surface area contributed by atoms with Gasteiger partial charge in [0.2, 0.25) is 5.88 Å². The zero-order valence-electron chi connectivity index (χ0n) is 10.7. The van der Waals surface area contributed by atoms with E-state index in [1.807, 2.05) is 6.92 Å². The maximum absolute atomic E-state index is 9.07. The van der Waals surface area contributed by atoms with E-state index >= 15 is 0 Å². The Morgan fingerprint density at radius 1 is 1.45 bits per heavy atom. The zero-order valence-corrected chi connectivity index (χ0v) is 11.5. The molecule has 1 aromatic carbocycles. The van der Waals surface area contributed by atoms with Crippen molar-refractivity contribution in [2.24, 2.45) is 0 Å². The van der Waals surface area contributed by atoms with Gasteiger partial charge >= 0.3 is 0 Å². The lowest BCUT2D eigenvalue weighted by atomic mass is 10.2. The molecule has 0 aliphatic carbocycles. The number of halogens is 1. The molecule has 0 saturated carbocycles. The van der Waals surface area contributed by atoms with Gasteiger partial charge in [-0.25, -0.2) is 4.98 Å². The van der Waals surface area contributed by atoms with Gasteiger partial charge in [0.05, 0.1) is 17.9 Å². The van der Waals surface area contributed by atoms with Gasteiger partial charge in [0.25, 0.3) is 0 Å². The van der Waals surface area contributed by atoms with E-state index < -0.39 is 0 Å². The number of nitriles is 1. The van der Waals surface area contributed by atoms with Gasteiger partial charge in [-0.05, 0) is 25.1 Å². The number of aromatic nitrogens is 2. The summed E-state index contributed by atoms with van der Waals surface area (Å²) < 4.78 is 5.29. The summed E-state index contributed by atoms with van der Waals surface area (Å²) in [5.41, 5.74) is 7.15. The van der Waals surface area contributed by atoms with Crippen molar-refractivity contribution in [3.63, 3.8) is 0 Å². The third-order valence-corrected chi connectivity index (χ3v) is 2.72. The predicted octanol–water partition coefficient (Wildman–Crippen LogP) is 2.73. The largest absolute Gasteiger partial charge is 0.476 e. The Hall–Kier alpha value is -2.52. The Morgan fingerprint density at radius 3 is 2.95 bits per heavy atom. The average Bonchev–Trinajstić information content (AvgIpc) is 2.44. The highest BCUT2D eigenvalue weighted by molar-refractivity contribution is 6.30. The molecule has 0 fully saturated rings. The van der Waals surface area contributed by atoms with Crippen molar-refractivity contribution in [2.45, 2.75) is 6.92 Å². The summed E-state index contributed by atoms with van der Waals surface area (Å²) in [7, 11) is 0. The molecule has 2 rings (SSSR count). The molecule has 0 saturated heterocycles. The number of nitrogens with one attached hydrogen (secondary N) is 1. The molecule has 0 aliphatic heterocycles. The van der Waals surface area contributed by atoms with Gasteiger partial charge in [-0.1, -0.05) is 11.6 Å². The van der Waals surface area contributed by atoms with E-state index in [4.69, 9.17) is 27.3 Å². The molecule has 0 spiro atoms. The van der Waals surface area contributed by atoms with Crippen LogP contribution < -0.4 is 15.8 Å². The van der Waals surface area contributed by atoms with E-state index in [0.717, 1.165) is 0 Å². The fraction of sp³-hybridized carbons (Fsp3) is 0.154. The van der Waals surface area contributed by atoms with Crippen molar-refractivity contribution >= 4 is 28.8 Å². The van der Waals surface area contributed by atoms with Crippen LogP contribution in [0.3, 0.4) is 0 Å². The van der Waals surface area contributed by atoms with Crippen molar-refractivity contribution in [2.75, 3.05) is 17.7 Å². The van der Waals surface area contributed by atoms with E-state index in [1.54, 1.807) is 18.2 Å². The van der Waals surface area contributed by atoms with Crippen molar-refractivity contribution in [3.05, 3.63) is 35.1 Å². The van der Waals surface area contributed by atoms with Crippen molar-refractivity contribution in [1.82, 2.24) is 9.97 Å². The molecule has 0 aliphatic rings. The Bertz CT molecular complexity index is 668. The van der Waals surface area contributed by atoms with Gasteiger partial charge < -0.3 is 15.8 Å². The summed E-state index contributed by atoms with van der Waals surface area (Å²) in [5.74, 6) is 0.660. The first kappa shape index (κ1) is 13.9. The molecule has 1 heterocycles. The summed E-state index contributed by atoms with van der Waals surface area (Å²) >= 11 is 5.92. The monoisotopic (exact) mass is 289 g/mol. The number of hydrogen-bond donors (Lipinski definition) is 2. The molecule has 2 aromatic rings. The normalized spacial score (nSPS) is 9.85. The summed E-state index contributed by atoms with van der Waals surface area (Å²) in [6, 6.07) is 6.95. The molecule has 20 heavy (non-hydrogen) atoms. The fourth-order valence-electron chi connectivity index (χ4n) is 1.58. The van der Waals surface area contributed by atoms with E-state index in [9.17, 15) is 0 Å². The van der Waals surface area contributed by atoms with E-state index in [2.05, 4.69) is 21.4 Å². The number of nitrogens with two attached hydrogens (primary N) is 1. The van der Waals surface area contributed by atoms with Crippen molar-refractivity contribution < 1.29 is 4.74 Å². The van der Waals surface area contributed by atoms with Crippen LogP contribution in [0.1, 0.15) is 12.5 Å². The third-order valence-electron chi connectivity index (χ3n) is 2.48. The number of benzene rings is 1. The minimum atomic E-state index is 0.276. The minimum Gasteiger partial charge on any atom is -0.476 e. The van der Waals surface area contributed by atoms with Crippen molar-refractivity contribution in [1.29, 1.82) is 5.26 Å². The third kappa shape index (κ3) is 2.90. The van der Waals surface area contributed by atoms with Crippen LogP contribution in [0.5, 0.6) is 5.88 Å². The standard InChI is InChI=1S/C13H12ClN5O/c1-2-20-13-11(16)12(17-7-18-13)19-10-5-9(14)4-3-8(10)6-15/h3-5,7H,2,16H2,1H3,(H,17,18,19). The fourth-order valence-corrected chi connectivity index (χ4v) is 1.75. The molecular weight excluding hydrogens is 278 g/mol. The molecule has 0 bridgehead atoms. The maximum atomic E-state index is 9.07. The van der Waals surface area contributed by atoms with Gasteiger partial charge in [-0.15, -0.1) is 0 Å². The summed E-state index contributed by atoms with van der Waals surface area (Å²) in [4.78, 5) is 7.98. The molecule has 0 amide bonds. The lowest BCUT2D eigenvalue weighted by Gasteiger charge is -2.12. The van der Waals surface area contributed by atoms with Gasteiger partial charge in [0.1, 0.15) is 18.1 Å². The highest BCUT2D eigenvalue weighted by Gasteiger charge is 2.11. The van der Waals surface area contributed by atoms with Crippen LogP contribution in [0.25, 0.3) is 0 Å². The molecule has 6 nitrogen and oxygen atoms in total. The van der Waals surface area contributed by atoms with Crippen LogP contribution in [0.15, 0.2) is 24.5 Å². The average molecular weight is 290 g/mol. The lowest BCUT2D eigenvalue weighted by Crippen LogP contribution is -2.05. The summed E-state index contributed by atoms with van der Waals surface area (Å²) in [5, 5.41) is 12.5. The molecule has 7 heteroatoms. The second-order valence-electron chi connectivity index (χ2n) is 3.80. The van der Waals surface area contributed by atoms with E-state index in [0.29, 0.717) is 34.6 Å². The second kappa shape index (κ2) is 6.08. The SMILES string of the molecule is CCOc1ncnc(Nc2cc(Cl)ccc2C#N)c1N. The first-order valence-electron chi connectivity index (χ1n) is 5.85. The summed E-state index contributed by atoms with van der Waals surface area (Å²) in [6.07, 6.45) is 1.33. The van der Waals surface area contributed by atoms with Crippen LogP contribution in [0, 0.1) is 11.3 Å². The van der Waals surface area contributed by atoms with Crippen LogP contribution in [-0.2, 0) is 0 Å². The van der Waals surface area contributed by atoms with Gasteiger partial charge in [0.15, 0.2) is 5.82 Å². The minimum absolute atomic E-state index is 0.276. The van der Waals surface area contributed by atoms with Crippen LogP contribution in [0.4, 0.5) is 17.2 Å². The number of hydrogen-bond acceptors (Lipinski definition) is 6.